The van der Waals surface area contributed by atoms with Gasteiger partial charge >= 0.3 is 0 Å². The Morgan fingerprint density at radius 3 is 2.50 bits per heavy atom. The van der Waals surface area contributed by atoms with Gasteiger partial charge in [0.05, 0.1) is 12.8 Å². The van der Waals surface area contributed by atoms with Gasteiger partial charge < -0.3 is 15.0 Å². The molecule has 2 N–H and O–H groups in total. The zero-order chi connectivity index (χ0) is 16.4. The van der Waals surface area contributed by atoms with Gasteiger partial charge in [-0.1, -0.05) is 12.1 Å². The monoisotopic (exact) mass is 306 g/mol. The second-order valence-corrected chi connectivity index (χ2v) is 4.80. The van der Waals surface area contributed by atoms with Crippen molar-refractivity contribution >= 4 is 23.7 Å². The molecule has 0 unspecified atom stereocenters. The van der Waals surface area contributed by atoms with E-state index in [1.54, 1.807) is 7.11 Å². The molecule has 0 aliphatic rings. The first-order valence-corrected chi connectivity index (χ1v) is 6.88. The lowest BCUT2D eigenvalue weighted by Crippen LogP contribution is -2.31. The van der Waals surface area contributed by atoms with Crippen molar-refractivity contribution in [3.05, 3.63) is 29.8 Å². The maximum atomic E-state index is 11.5. The number of amides is 2. The average molecular weight is 306 g/mol. The number of hydrazone groups is 1. The van der Waals surface area contributed by atoms with Crippen molar-refractivity contribution in [2.75, 3.05) is 39.3 Å². The summed E-state index contributed by atoms with van der Waals surface area (Å²) in [7, 11) is 5.46. The van der Waals surface area contributed by atoms with Crippen LogP contribution in [0.2, 0.25) is 0 Å². The highest BCUT2D eigenvalue weighted by Gasteiger charge is 2.07. The van der Waals surface area contributed by atoms with E-state index in [1.807, 2.05) is 43.3 Å². The van der Waals surface area contributed by atoms with Crippen molar-refractivity contribution in [1.29, 1.82) is 0 Å². The van der Waals surface area contributed by atoms with Crippen LogP contribution in [0.3, 0.4) is 0 Å². The van der Waals surface area contributed by atoms with E-state index >= 15 is 0 Å². The fraction of sp³-hybridized carbons (Fsp3) is 0.400. The fourth-order valence-corrected chi connectivity index (χ4v) is 1.58. The Bertz CT molecular complexity index is 512. The lowest BCUT2D eigenvalue weighted by Gasteiger charge is -2.11. The molecule has 0 spiro atoms. The van der Waals surface area contributed by atoms with Gasteiger partial charge in [0.2, 0.25) is 11.8 Å². The van der Waals surface area contributed by atoms with Gasteiger partial charge in [-0.05, 0) is 17.7 Å². The Hall–Kier alpha value is -2.41. The summed E-state index contributed by atoms with van der Waals surface area (Å²) in [5.74, 6) is -0.823. The van der Waals surface area contributed by atoms with Crippen molar-refractivity contribution in [1.82, 2.24) is 10.7 Å². The van der Waals surface area contributed by atoms with Gasteiger partial charge in [-0.3, -0.25) is 9.59 Å². The SMILES string of the molecule is COCCNC(=O)CC(=O)N/N=C\c1ccc(N(C)C)cc1. The van der Waals surface area contributed by atoms with Gasteiger partial charge in [-0.25, -0.2) is 5.43 Å². The summed E-state index contributed by atoms with van der Waals surface area (Å²) < 4.78 is 4.79. The third-order valence-electron chi connectivity index (χ3n) is 2.76. The quantitative estimate of drug-likeness (QED) is 0.314. The maximum absolute atomic E-state index is 11.5. The maximum Gasteiger partial charge on any atom is 0.249 e. The summed E-state index contributed by atoms with van der Waals surface area (Å²) >= 11 is 0. The fourth-order valence-electron chi connectivity index (χ4n) is 1.58. The zero-order valence-corrected chi connectivity index (χ0v) is 13.1. The second-order valence-electron chi connectivity index (χ2n) is 4.80. The minimum atomic E-state index is -0.462. The highest BCUT2D eigenvalue weighted by Crippen LogP contribution is 2.10. The first-order chi connectivity index (χ1) is 10.5. The van der Waals surface area contributed by atoms with Crippen LogP contribution in [-0.4, -0.2) is 52.4 Å². The summed E-state index contributed by atoms with van der Waals surface area (Å²) in [6.45, 7) is 0.790. The number of nitrogens with one attached hydrogen (secondary N) is 2. The lowest BCUT2D eigenvalue weighted by atomic mass is 10.2. The predicted molar refractivity (Wildman–Crippen MR) is 86.0 cm³/mol. The van der Waals surface area contributed by atoms with Crippen molar-refractivity contribution in [3.63, 3.8) is 0 Å². The molecule has 0 saturated carbocycles. The molecule has 0 bridgehead atoms. The number of hydrogen-bond donors (Lipinski definition) is 2. The lowest BCUT2D eigenvalue weighted by molar-refractivity contribution is -0.129. The smallest absolute Gasteiger partial charge is 0.249 e. The van der Waals surface area contributed by atoms with E-state index in [0.29, 0.717) is 13.2 Å². The van der Waals surface area contributed by atoms with E-state index in [9.17, 15) is 9.59 Å². The molecule has 120 valence electrons. The summed E-state index contributed by atoms with van der Waals surface area (Å²) in [5, 5.41) is 6.38. The number of anilines is 1. The third-order valence-corrected chi connectivity index (χ3v) is 2.76. The molecule has 0 saturated heterocycles. The molecular formula is C15H22N4O3. The number of methoxy groups -OCH3 is 1. The highest BCUT2D eigenvalue weighted by atomic mass is 16.5. The van der Waals surface area contributed by atoms with Gasteiger partial charge in [-0.15, -0.1) is 0 Å². The Kier molecular flexibility index (Phi) is 7.63. The molecule has 0 aromatic heterocycles. The van der Waals surface area contributed by atoms with E-state index in [1.165, 1.54) is 6.21 Å². The summed E-state index contributed by atoms with van der Waals surface area (Å²) in [6.07, 6.45) is 1.26. The molecule has 2 amide bonds. The van der Waals surface area contributed by atoms with E-state index in [2.05, 4.69) is 15.8 Å². The van der Waals surface area contributed by atoms with E-state index in [4.69, 9.17) is 4.74 Å². The van der Waals surface area contributed by atoms with Gasteiger partial charge in [0.1, 0.15) is 6.42 Å². The predicted octanol–water partition coefficient (Wildman–Crippen LogP) is 0.355. The first kappa shape index (κ1) is 17.6. The van der Waals surface area contributed by atoms with E-state index < -0.39 is 5.91 Å². The number of rotatable bonds is 8. The zero-order valence-electron chi connectivity index (χ0n) is 13.1. The van der Waals surface area contributed by atoms with Gasteiger partial charge in [-0.2, -0.15) is 5.10 Å². The summed E-state index contributed by atoms with van der Waals surface area (Å²) in [4.78, 5) is 24.9. The van der Waals surface area contributed by atoms with Crippen LogP contribution in [-0.2, 0) is 14.3 Å². The van der Waals surface area contributed by atoms with Crippen molar-refractivity contribution < 1.29 is 14.3 Å². The number of carbonyl (C=O) groups is 2. The minimum Gasteiger partial charge on any atom is -0.383 e. The number of benzene rings is 1. The van der Waals surface area contributed by atoms with Gasteiger partial charge in [0, 0.05) is 33.4 Å². The molecule has 0 fully saturated rings. The standard InChI is InChI=1S/C15H22N4O3/c1-19(2)13-6-4-12(5-7-13)11-17-18-15(21)10-14(20)16-8-9-22-3/h4-7,11H,8-10H2,1-3H3,(H,16,20)(H,18,21)/b17-11-. The molecule has 0 radical (unpaired) electrons. The Morgan fingerprint density at radius 2 is 1.91 bits per heavy atom. The molecule has 22 heavy (non-hydrogen) atoms. The summed E-state index contributed by atoms with van der Waals surface area (Å²) in [5.41, 5.74) is 4.25. The van der Waals surface area contributed by atoms with Crippen LogP contribution in [0.25, 0.3) is 0 Å². The molecule has 7 heteroatoms. The topological polar surface area (TPSA) is 83.0 Å². The Morgan fingerprint density at radius 1 is 1.23 bits per heavy atom. The van der Waals surface area contributed by atoms with Crippen molar-refractivity contribution in [3.8, 4) is 0 Å². The summed E-state index contributed by atoms with van der Waals surface area (Å²) in [6, 6.07) is 7.68. The Balaban J connectivity index is 2.35. The van der Waals surface area contributed by atoms with Gasteiger partial charge in [0.25, 0.3) is 0 Å². The Labute approximate surface area is 130 Å². The third kappa shape index (κ3) is 6.85. The highest BCUT2D eigenvalue weighted by molar-refractivity contribution is 5.97. The molecule has 7 nitrogen and oxygen atoms in total. The largest absolute Gasteiger partial charge is 0.383 e. The normalized spacial score (nSPS) is 10.5. The molecule has 0 aliphatic carbocycles. The second kappa shape index (κ2) is 9.51. The van der Waals surface area contributed by atoms with Crippen LogP contribution >= 0.6 is 0 Å². The number of hydrogen-bond acceptors (Lipinski definition) is 5. The minimum absolute atomic E-state index is 0.263. The van der Waals surface area contributed by atoms with Crippen LogP contribution in [0.1, 0.15) is 12.0 Å². The van der Waals surface area contributed by atoms with Crippen molar-refractivity contribution in [2.24, 2.45) is 5.10 Å². The van der Waals surface area contributed by atoms with Crippen LogP contribution < -0.4 is 15.6 Å². The molecule has 0 heterocycles. The van der Waals surface area contributed by atoms with Crippen molar-refractivity contribution in [2.45, 2.75) is 6.42 Å². The van der Waals surface area contributed by atoms with E-state index in [0.717, 1.165) is 11.3 Å². The average Bonchev–Trinajstić information content (AvgIpc) is 2.48. The molecule has 1 aromatic carbocycles. The van der Waals surface area contributed by atoms with Crippen LogP contribution in [0, 0.1) is 0 Å². The molecule has 1 rings (SSSR count). The van der Waals surface area contributed by atoms with Crippen LogP contribution in [0.15, 0.2) is 29.4 Å². The number of carbonyl (C=O) groups excluding carboxylic acids is 2. The molecule has 0 aliphatic heterocycles. The first-order valence-electron chi connectivity index (χ1n) is 6.88. The van der Waals surface area contributed by atoms with Crippen LogP contribution in [0.4, 0.5) is 5.69 Å². The van der Waals surface area contributed by atoms with Crippen LogP contribution in [0.5, 0.6) is 0 Å². The van der Waals surface area contributed by atoms with Gasteiger partial charge in [0.15, 0.2) is 0 Å². The number of nitrogens with zero attached hydrogens (tertiary/aromatic N) is 2. The van der Waals surface area contributed by atoms with E-state index in [-0.39, 0.29) is 12.3 Å². The molecule has 1 aromatic rings. The molecular weight excluding hydrogens is 284 g/mol. The molecule has 0 atom stereocenters. The number of ether oxygens (including phenoxy) is 1.